The smallest absolute Gasteiger partial charge is 0.309 e. The minimum Gasteiger partial charge on any atom is -0.459 e. The van der Waals surface area contributed by atoms with Crippen molar-refractivity contribution in [3.8, 4) is 0 Å². The molecule has 188 valence electrons. The van der Waals surface area contributed by atoms with E-state index in [1.165, 1.54) is 12.2 Å². The monoisotopic (exact) mass is 472 g/mol. The standard InChI is InChI=1S/C28H40O6/c1-14-12-23(34-25(32)15(14)2)28(5,33)21-8-6-16-24-17(10-11-26(16,21)3)27(4)18(13-20(24)30)19(29)7-9-22(27)31/h7,9,13-17,19-21,23-24,29-30,33H,6,8,10-12H2,1-5H3. The summed E-state index contributed by atoms with van der Waals surface area (Å²) in [6.45, 7) is 9.93. The van der Waals surface area contributed by atoms with E-state index >= 15 is 0 Å². The Morgan fingerprint density at radius 1 is 1.09 bits per heavy atom. The van der Waals surface area contributed by atoms with Crippen LogP contribution in [0.25, 0.3) is 0 Å². The molecule has 5 rings (SSSR count). The molecule has 1 aliphatic heterocycles. The second-order valence-electron chi connectivity index (χ2n) is 12.6. The number of hydrogen-bond donors (Lipinski definition) is 3. The molecule has 5 aliphatic rings. The van der Waals surface area contributed by atoms with Crippen molar-refractivity contribution in [1.82, 2.24) is 0 Å². The number of aliphatic hydroxyl groups excluding tert-OH is 2. The molecular formula is C28H40O6. The third-order valence-electron chi connectivity index (χ3n) is 11.1. The van der Waals surface area contributed by atoms with Gasteiger partial charge in [0.2, 0.25) is 0 Å². The first-order chi connectivity index (χ1) is 15.8. The fraction of sp³-hybridized carbons (Fsp3) is 0.786. The van der Waals surface area contributed by atoms with E-state index in [1.807, 2.05) is 27.7 Å². The topological polar surface area (TPSA) is 104 Å². The van der Waals surface area contributed by atoms with Crippen LogP contribution in [-0.4, -0.2) is 51.0 Å². The Morgan fingerprint density at radius 3 is 2.47 bits per heavy atom. The van der Waals surface area contributed by atoms with Crippen LogP contribution in [0.5, 0.6) is 0 Å². The number of ketones is 1. The highest BCUT2D eigenvalue weighted by molar-refractivity contribution is 5.99. The molecule has 34 heavy (non-hydrogen) atoms. The van der Waals surface area contributed by atoms with E-state index < -0.39 is 29.3 Å². The van der Waals surface area contributed by atoms with Crippen molar-refractivity contribution in [2.24, 2.45) is 46.3 Å². The summed E-state index contributed by atoms with van der Waals surface area (Å²) in [6.07, 6.45) is 6.53. The van der Waals surface area contributed by atoms with Crippen LogP contribution in [-0.2, 0) is 14.3 Å². The average molecular weight is 473 g/mol. The lowest BCUT2D eigenvalue weighted by molar-refractivity contribution is -0.202. The zero-order valence-corrected chi connectivity index (χ0v) is 21.0. The minimum atomic E-state index is -1.16. The molecule has 0 radical (unpaired) electrons. The molecule has 0 aromatic carbocycles. The van der Waals surface area contributed by atoms with Gasteiger partial charge in [0.25, 0.3) is 0 Å². The molecule has 4 aliphatic carbocycles. The number of carbonyl (C=O) groups is 2. The summed E-state index contributed by atoms with van der Waals surface area (Å²) in [4.78, 5) is 25.6. The molecule has 0 amide bonds. The first-order valence-electron chi connectivity index (χ1n) is 13.1. The zero-order chi connectivity index (χ0) is 24.8. The van der Waals surface area contributed by atoms with E-state index in [0.29, 0.717) is 12.0 Å². The molecule has 12 atom stereocenters. The Morgan fingerprint density at radius 2 is 1.79 bits per heavy atom. The first-order valence-corrected chi connectivity index (χ1v) is 13.1. The Balaban J connectivity index is 1.47. The van der Waals surface area contributed by atoms with Crippen LogP contribution in [0.3, 0.4) is 0 Å². The molecule has 3 N–H and O–H groups in total. The predicted octanol–water partition coefficient (Wildman–Crippen LogP) is 3.19. The van der Waals surface area contributed by atoms with Gasteiger partial charge in [-0.15, -0.1) is 0 Å². The molecule has 0 aromatic rings. The fourth-order valence-corrected chi connectivity index (χ4v) is 8.83. The van der Waals surface area contributed by atoms with Gasteiger partial charge in [-0.3, -0.25) is 9.59 Å². The Labute approximate surface area is 202 Å². The Kier molecular flexibility index (Phi) is 5.52. The molecule has 0 aromatic heterocycles. The van der Waals surface area contributed by atoms with Gasteiger partial charge < -0.3 is 20.1 Å². The molecule has 12 unspecified atom stereocenters. The molecule has 0 bridgehead atoms. The van der Waals surface area contributed by atoms with Gasteiger partial charge in [0.05, 0.1) is 23.5 Å². The maximum atomic E-state index is 13.1. The van der Waals surface area contributed by atoms with Crippen LogP contribution in [0.15, 0.2) is 23.8 Å². The maximum absolute atomic E-state index is 13.1. The van der Waals surface area contributed by atoms with Crippen molar-refractivity contribution >= 4 is 11.8 Å². The van der Waals surface area contributed by atoms with E-state index in [2.05, 4.69) is 6.92 Å². The highest BCUT2D eigenvalue weighted by Gasteiger charge is 2.65. The second kappa shape index (κ2) is 7.75. The SMILES string of the molecule is CC1CC(C(C)(O)C2CCC3C4C(O)C=C5C(O)C=CC(=O)C5(C)C4CCC32C)OC(=O)C1C. The Bertz CT molecular complexity index is 951. The first kappa shape index (κ1) is 24.2. The maximum Gasteiger partial charge on any atom is 0.309 e. The molecule has 1 heterocycles. The molecule has 6 heteroatoms. The number of cyclic esters (lactones) is 1. The summed E-state index contributed by atoms with van der Waals surface area (Å²) in [5.41, 5.74) is -1.57. The number of ether oxygens (including phenoxy) is 1. The van der Waals surface area contributed by atoms with Crippen molar-refractivity contribution in [2.75, 3.05) is 0 Å². The summed E-state index contributed by atoms with van der Waals surface area (Å²) in [5.74, 6) is -0.323. The van der Waals surface area contributed by atoms with Gasteiger partial charge in [0.15, 0.2) is 5.78 Å². The van der Waals surface area contributed by atoms with Gasteiger partial charge in [-0.25, -0.2) is 0 Å². The van der Waals surface area contributed by atoms with E-state index in [4.69, 9.17) is 4.74 Å². The van der Waals surface area contributed by atoms with Gasteiger partial charge in [0, 0.05) is 0 Å². The number of allylic oxidation sites excluding steroid dienone is 1. The summed E-state index contributed by atoms with van der Waals surface area (Å²) in [5, 5.41) is 33.8. The van der Waals surface area contributed by atoms with E-state index in [0.717, 1.165) is 25.7 Å². The van der Waals surface area contributed by atoms with Crippen LogP contribution in [0, 0.1) is 46.3 Å². The fourth-order valence-electron chi connectivity index (χ4n) is 8.83. The van der Waals surface area contributed by atoms with E-state index in [-0.39, 0.29) is 52.7 Å². The largest absolute Gasteiger partial charge is 0.459 e. The van der Waals surface area contributed by atoms with Crippen molar-refractivity contribution in [1.29, 1.82) is 0 Å². The summed E-state index contributed by atoms with van der Waals surface area (Å²) in [6, 6.07) is 0. The minimum absolute atomic E-state index is 0.00771. The Hall–Kier alpha value is -1.50. The summed E-state index contributed by atoms with van der Waals surface area (Å²) < 4.78 is 5.78. The van der Waals surface area contributed by atoms with Gasteiger partial charge in [-0.05, 0) is 98.7 Å². The van der Waals surface area contributed by atoms with Crippen molar-refractivity contribution < 1.29 is 29.6 Å². The average Bonchev–Trinajstić information content (AvgIpc) is 3.14. The second-order valence-corrected chi connectivity index (χ2v) is 12.6. The number of carbonyl (C=O) groups excluding carboxylic acids is 2. The van der Waals surface area contributed by atoms with Crippen LogP contribution < -0.4 is 0 Å². The third kappa shape index (κ3) is 3.10. The van der Waals surface area contributed by atoms with Crippen LogP contribution in [0.4, 0.5) is 0 Å². The van der Waals surface area contributed by atoms with Crippen molar-refractivity contribution in [3.63, 3.8) is 0 Å². The summed E-state index contributed by atoms with van der Waals surface area (Å²) >= 11 is 0. The van der Waals surface area contributed by atoms with Gasteiger partial charge in [0.1, 0.15) is 11.7 Å². The highest BCUT2D eigenvalue weighted by Crippen LogP contribution is 2.67. The van der Waals surface area contributed by atoms with Crippen LogP contribution in [0.2, 0.25) is 0 Å². The molecule has 0 spiro atoms. The summed E-state index contributed by atoms with van der Waals surface area (Å²) in [7, 11) is 0. The zero-order valence-electron chi connectivity index (χ0n) is 21.0. The predicted molar refractivity (Wildman–Crippen MR) is 126 cm³/mol. The number of aliphatic hydroxyl groups is 3. The quantitative estimate of drug-likeness (QED) is 0.421. The van der Waals surface area contributed by atoms with Crippen LogP contribution >= 0.6 is 0 Å². The van der Waals surface area contributed by atoms with Gasteiger partial charge in [-0.2, -0.15) is 0 Å². The lowest BCUT2D eigenvalue weighted by Crippen LogP contribution is -2.60. The van der Waals surface area contributed by atoms with Crippen LogP contribution in [0.1, 0.15) is 66.7 Å². The number of rotatable bonds is 2. The van der Waals surface area contributed by atoms with Gasteiger partial charge in [-0.1, -0.05) is 26.8 Å². The molecule has 6 nitrogen and oxygen atoms in total. The molecular weight excluding hydrogens is 432 g/mol. The van der Waals surface area contributed by atoms with E-state index in [1.54, 1.807) is 6.08 Å². The third-order valence-corrected chi connectivity index (χ3v) is 11.1. The van der Waals surface area contributed by atoms with Gasteiger partial charge >= 0.3 is 5.97 Å². The normalized spacial score (nSPS) is 52.1. The number of hydrogen-bond acceptors (Lipinski definition) is 6. The highest BCUT2D eigenvalue weighted by atomic mass is 16.6. The van der Waals surface area contributed by atoms with Crippen molar-refractivity contribution in [2.45, 2.75) is 90.6 Å². The molecule has 3 fully saturated rings. The number of fused-ring (bicyclic) bond motifs is 5. The van der Waals surface area contributed by atoms with E-state index in [9.17, 15) is 24.9 Å². The lowest BCUT2D eigenvalue weighted by atomic mass is 9.46. The van der Waals surface area contributed by atoms with Crippen molar-refractivity contribution in [3.05, 3.63) is 23.8 Å². The lowest BCUT2D eigenvalue weighted by Gasteiger charge is -2.59. The number of esters is 1. The molecule has 2 saturated carbocycles. The molecule has 1 saturated heterocycles.